The summed E-state index contributed by atoms with van der Waals surface area (Å²) in [6, 6.07) is 8.59. The second-order valence-electron chi connectivity index (χ2n) is 5.72. The minimum Gasteiger partial charge on any atom is -0.457 e. The first kappa shape index (κ1) is 17.7. The molecule has 1 aromatic rings. The van der Waals surface area contributed by atoms with E-state index in [-0.39, 0.29) is 6.61 Å². The fourth-order valence-corrected chi connectivity index (χ4v) is 3.04. The molecule has 2 fully saturated rings. The molecule has 3 rings (SSSR count). The number of rotatable bonds is 4. The van der Waals surface area contributed by atoms with Crippen molar-refractivity contribution in [3.63, 3.8) is 0 Å². The Morgan fingerprint density at radius 1 is 1.32 bits per heavy atom. The lowest BCUT2D eigenvalue weighted by Crippen LogP contribution is -2.62. The quantitative estimate of drug-likeness (QED) is 0.356. The molecule has 0 amide bonds. The van der Waals surface area contributed by atoms with E-state index < -0.39 is 42.9 Å². The molecule has 0 bridgehead atoms. The second kappa shape index (κ2) is 7.81. The first-order valence-electron chi connectivity index (χ1n) is 7.85. The van der Waals surface area contributed by atoms with Gasteiger partial charge in [0.2, 0.25) is 0 Å². The van der Waals surface area contributed by atoms with Gasteiger partial charge in [0.15, 0.2) is 18.7 Å². The summed E-state index contributed by atoms with van der Waals surface area (Å²) in [6.07, 6.45) is -3.55. The lowest BCUT2D eigenvalue weighted by atomic mass is 9.95. The minimum atomic E-state index is -0.908. The van der Waals surface area contributed by atoms with E-state index in [1.165, 1.54) is 14.0 Å². The number of esters is 1. The molecular formula is C16H19N3O6. The summed E-state index contributed by atoms with van der Waals surface area (Å²) in [6.45, 7) is 1.50. The van der Waals surface area contributed by atoms with Crippen molar-refractivity contribution in [2.75, 3.05) is 13.7 Å². The molecule has 134 valence electrons. The average molecular weight is 349 g/mol. The van der Waals surface area contributed by atoms with Crippen LogP contribution in [0.5, 0.6) is 0 Å². The van der Waals surface area contributed by atoms with Crippen LogP contribution >= 0.6 is 0 Å². The van der Waals surface area contributed by atoms with Gasteiger partial charge in [0.25, 0.3) is 0 Å². The van der Waals surface area contributed by atoms with Gasteiger partial charge in [0.05, 0.1) is 6.61 Å². The fourth-order valence-electron chi connectivity index (χ4n) is 3.04. The number of ether oxygens (including phenoxy) is 5. The highest BCUT2D eigenvalue weighted by molar-refractivity contribution is 5.66. The monoisotopic (exact) mass is 349 g/mol. The standard InChI is InChI=1S/C16H19N3O6/c1-9(20)23-14-12(18-19-17)13-11(24-16(14)21-2)8-22-15(25-13)10-6-4-3-5-7-10/h3-7,11-16H,8H2,1-2H3/t11-,12+,13+,14-,15?,16-/m1/s1. The number of benzene rings is 1. The third kappa shape index (κ3) is 3.76. The molecule has 0 saturated carbocycles. The van der Waals surface area contributed by atoms with E-state index in [9.17, 15) is 4.79 Å². The normalized spacial score (nSPS) is 34.5. The highest BCUT2D eigenvalue weighted by Gasteiger charge is 2.51. The molecule has 1 aromatic carbocycles. The van der Waals surface area contributed by atoms with Gasteiger partial charge < -0.3 is 23.7 Å². The van der Waals surface area contributed by atoms with Gasteiger partial charge in [-0.3, -0.25) is 4.79 Å². The van der Waals surface area contributed by atoms with Gasteiger partial charge in [-0.25, -0.2) is 0 Å². The fraction of sp³-hybridized carbons (Fsp3) is 0.562. The van der Waals surface area contributed by atoms with E-state index in [1.54, 1.807) is 0 Å². The number of methoxy groups -OCH3 is 1. The lowest BCUT2D eigenvalue weighted by Gasteiger charge is -2.47. The molecule has 6 atom stereocenters. The molecule has 0 N–H and O–H groups in total. The molecule has 1 unspecified atom stereocenters. The predicted octanol–water partition coefficient (Wildman–Crippen LogP) is 2.08. The molecule has 2 saturated heterocycles. The van der Waals surface area contributed by atoms with Crippen LogP contribution in [-0.4, -0.2) is 50.3 Å². The number of hydrogen-bond acceptors (Lipinski definition) is 7. The summed E-state index contributed by atoms with van der Waals surface area (Å²) in [4.78, 5) is 14.3. The van der Waals surface area contributed by atoms with Crippen LogP contribution in [0.3, 0.4) is 0 Å². The van der Waals surface area contributed by atoms with Gasteiger partial charge >= 0.3 is 5.97 Å². The van der Waals surface area contributed by atoms with Crippen LogP contribution in [0.4, 0.5) is 0 Å². The van der Waals surface area contributed by atoms with Gasteiger partial charge in [0, 0.05) is 24.5 Å². The summed E-state index contributed by atoms with van der Waals surface area (Å²) in [5, 5.41) is 3.79. The molecule has 25 heavy (non-hydrogen) atoms. The molecule has 2 heterocycles. The largest absolute Gasteiger partial charge is 0.457 e. The predicted molar refractivity (Wildman–Crippen MR) is 84.2 cm³/mol. The van der Waals surface area contributed by atoms with E-state index in [0.29, 0.717) is 0 Å². The Labute approximate surface area is 144 Å². The Kier molecular flexibility index (Phi) is 5.52. The van der Waals surface area contributed by atoms with E-state index in [0.717, 1.165) is 5.56 Å². The van der Waals surface area contributed by atoms with Crippen molar-refractivity contribution in [3.05, 3.63) is 46.3 Å². The van der Waals surface area contributed by atoms with Gasteiger partial charge in [0.1, 0.15) is 18.2 Å². The average Bonchev–Trinajstić information content (AvgIpc) is 2.63. The Morgan fingerprint density at radius 2 is 2.08 bits per heavy atom. The van der Waals surface area contributed by atoms with E-state index in [1.807, 2.05) is 30.3 Å². The molecule has 0 aromatic heterocycles. The maximum absolute atomic E-state index is 11.4. The third-order valence-electron chi connectivity index (χ3n) is 4.10. The topological polar surface area (TPSA) is 112 Å². The number of nitrogens with zero attached hydrogens (tertiary/aromatic N) is 3. The van der Waals surface area contributed by atoms with Crippen molar-refractivity contribution in [1.82, 2.24) is 0 Å². The van der Waals surface area contributed by atoms with Crippen LogP contribution in [0.15, 0.2) is 35.4 Å². The summed E-state index contributed by atoms with van der Waals surface area (Å²) >= 11 is 0. The third-order valence-corrected chi connectivity index (χ3v) is 4.10. The summed E-state index contributed by atoms with van der Waals surface area (Å²) in [5.41, 5.74) is 9.78. The van der Waals surface area contributed by atoms with Crippen molar-refractivity contribution < 1.29 is 28.5 Å². The Balaban J connectivity index is 1.86. The van der Waals surface area contributed by atoms with Crippen LogP contribution in [-0.2, 0) is 28.5 Å². The zero-order valence-corrected chi connectivity index (χ0v) is 13.8. The summed E-state index contributed by atoms with van der Waals surface area (Å²) in [7, 11) is 1.42. The summed E-state index contributed by atoms with van der Waals surface area (Å²) in [5.74, 6) is -0.529. The molecule has 9 heteroatoms. The van der Waals surface area contributed by atoms with Crippen molar-refractivity contribution in [2.24, 2.45) is 5.11 Å². The Hall–Kier alpha value is -2.16. The molecule has 2 aliphatic rings. The first-order valence-corrected chi connectivity index (χ1v) is 7.85. The van der Waals surface area contributed by atoms with E-state index in [4.69, 9.17) is 29.2 Å². The number of azide groups is 1. The van der Waals surface area contributed by atoms with Crippen molar-refractivity contribution >= 4 is 5.97 Å². The maximum Gasteiger partial charge on any atom is 0.303 e. The van der Waals surface area contributed by atoms with E-state index >= 15 is 0 Å². The highest BCUT2D eigenvalue weighted by Crippen LogP contribution is 2.36. The molecular weight excluding hydrogens is 330 g/mol. The van der Waals surface area contributed by atoms with Crippen molar-refractivity contribution in [3.8, 4) is 0 Å². The van der Waals surface area contributed by atoms with Crippen LogP contribution in [0.25, 0.3) is 10.4 Å². The second-order valence-corrected chi connectivity index (χ2v) is 5.72. The zero-order valence-electron chi connectivity index (χ0n) is 13.8. The number of carbonyl (C=O) groups excluding carboxylic acids is 1. The summed E-state index contributed by atoms with van der Waals surface area (Å²) < 4.78 is 28.0. The highest BCUT2D eigenvalue weighted by atomic mass is 16.8. The van der Waals surface area contributed by atoms with Crippen molar-refractivity contribution in [2.45, 2.75) is 43.9 Å². The number of fused-ring (bicyclic) bond motifs is 1. The van der Waals surface area contributed by atoms with Gasteiger partial charge in [-0.15, -0.1) is 0 Å². The van der Waals surface area contributed by atoms with Crippen molar-refractivity contribution in [1.29, 1.82) is 0 Å². The van der Waals surface area contributed by atoms with E-state index in [2.05, 4.69) is 10.0 Å². The lowest BCUT2D eigenvalue weighted by molar-refractivity contribution is -0.338. The van der Waals surface area contributed by atoms with Crippen LogP contribution in [0.1, 0.15) is 18.8 Å². The molecule has 9 nitrogen and oxygen atoms in total. The maximum atomic E-state index is 11.4. The molecule has 0 radical (unpaired) electrons. The minimum absolute atomic E-state index is 0.230. The van der Waals surface area contributed by atoms with Crippen LogP contribution < -0.4 is 0 Å². The Bertz CT molecular complexity index is 651. The number of hydrogen-bond donors (Lipinski definition) is 0. The SMILES string of the molecule is CO[C@@H]1O[C@@H]2COC(c3ccccc3)O[C@@H]2[C@H](N=[N+]=[N-])[C@H]1OC(C)=O. The molecule has 0 spiro atoms. The van der Waals surface area contributed by atoms with Crippen LogP contribution in [0, 0.1) is 0 Å². The zero-order chi connectivity index (χ0) is 17.8. The smallest absolute Gasteiger partial charge is 0.303 e. The molecule has 2 aliphatic heterocycles. The van der Waals surface area contributed by atoms with Gasteiger partial charge in [-0.1, -0.05) is 35.4 Å². The Morgan fingerprint density at radius 3 is 2.72 bits per heavy atom. The van der Waals surface area contributed by atoms with Gasteiger partial charge in [-0.2, -0.15) is 0 Å². The molecule has 0 aliphatic carbocycles. The van der Waals surface area contributed by atoms with Crippen LogP contribution in [0.2, 0.25) is 0 Å². The van der Waals surface area contributed by atoms with Gasteiger partial charge in [-0.05, 0) is 5.53 Å². The number of carbonyl (C=O) groups is 1. The first-order chi connectivity index (χ1) is 12.1.